The van der Waals surface area contributed by atoms with Crippen LogP contribution in [0.5, 0.6) is 5.75 Å². The van der Waals surface area contributed by atoms with Gasteiger partial charge in [0, 0.05) is 18.3 Å². The van der Waals surface area contributed by atoms with Crippen molar-refractivity contribution in [3.8, 4) is 5.75 Å². The first-order valence-corrected chi connectivity index (χ1v) is 8.79. The third kappa shape index (κ3) is 5.64. The molecule has 0 bridgehead atoms. The van der Waals surface area contributed by atoms with Crippen LogP contribution in [0.4, 0.5) is 23.7 Å². The average Bonchev–Trinajstić information content (AvgIpc) is 3.45. The first-order chi connectivity index (χ1) is 12.8. The van der Waals surface area contributed by atoms with Crippen LogP contribution in [0.25, 0.3) is 0 Å². The number of benzene rings is 2. The van der Waals surface area contributed by atoms with Crippen molar-refractivity contribution >= 4 is 11.7 Å². The van der Waals surface area contributed by atoms with E-state index in [0.717, 1.165) is 18.4 Å². The van der Waals surface area contributed by atoms with Crippen molar-refractivity contribution in [2.24, 2.45) is 5.92 Å². The number of halogens is 3. The Morgan fingerprint density at radius 3 is 2.33 bits per heavy atom. The van der Waals surface area contributed by atoms with E-state index in [1.165, 1.54) is 24.3 Å². The van der Waals surface area contributed by atoms with Crippen LogP contribution in [-0.2, 0) is 6.54 Å². The maximum Gasteiger partial charge on any atom is 0.573 e. The second-order valence-corrected chi connectivity index (χ2v) is 6.69. The van der Waals surface area contributed by atoms with E-state index in [2.05, 4.69) is 10.1 Å². The van der Waals surface area contributed by atoms with Crippen LogP contribution in [-0.4, -0.2) is 23.3 Å². The number of alkyl halides is 3. The Hall–Kier alpha value is -2.70. The summed E-state index contributed by atoms with van der Waals surface area (Å²) in [6.07, 6.45) is -2.54. The number of hydrogen-bond donors (Lipinski definition) is 1. The zero-order valence-corrected chi connectivity index (χ0v) is 14.9. The number of amides is 2. The van der Waals surface area contributed by atoms with Gasteiger partial charge in [0.05, 0.1) is 0 Å². The third-order valence-corrected chi connectivity index (χ3v) is 4.59. The molecule has 3 rings (SSSR count). The van der Waals surface area contributed by atoms with Gasteiger partial charge in [-0.3, -0.25) is 0 Å². The third-order valence-electron chi connectivity index (χ3n) is 4.59. The van der Waals surface area contributed by atoms with Crippen LogP contribution >= 0.6 is 0 Å². The van der Waals surface area contributed by atoms with Crippen LogP contribution in [0, 0.1) is 5.92 Å². The largest absolute Gasteiger partial charge is 0.573 e. The Labute approximate surface area is 155 Å². The normalized spacial score (nSPS) is 15.1. The molecule has 1 fully saturated rings. The number of carbonyl (C=O) groups is 1. The van der Waals surface area contributed by atoms with Crippen LogP contribution in [0.1, 0.15) is 25.3 Å². The van der Waals surface area contributed by atoms with Gasteiger partial charge in [-0.1, -0.05) is 30.3 Å². The quantitative estimate of drug-likeness (QED) is 0.729. The summed E-state index contributed by atoms with van der Waals surface area (Å²) in [6.45, 7) is 2.50. The van der Waals surface area contributed by atoms with Crippen molar-refractivity contribution in [3.63, 3.8) is 0 Å². The highest BCUT2D eigenvalue weighted by Gasteiger charge is 2.34. The van der Waals surface area contributed by atoms with Gasteiger partial charge in [-0.15, -0.1) is 13.2 Å². The summed E-state index contributed by atoms with van der Waals surface area (Å²) in [6, 6.07) is 14.6. The van der Waals surface area contributed by atoms with E-state index < -0.39 is 6.36 Å². The van der Waals surface area contributed by atoms with Crippen LogP contribution < -0.4 is 10.1 Å². The zero-order valence-electron chi connectivity index (χ0n) is 14.9. The molecule has 1 aliphatic rings. The van der Waals surface area contributed by atoms with Gasteiger partial charge in [0.25, 0.3) is 0 Å². The molecule has 4 nitrogen and oxygen atoms in total. The fourth-order valence-electron chi connectivity index (χ4n) is 2.95. The molecule has 0 saturated heterocycles. The molecule has 144 valence electrons. The van der Waals surface area contributed by atoms with Crippen molar-refractivity contribution in [2.45, 2.75) is 38.7 Å². The van der Waals surface area contributed by atoms with E-state index in [1.54, 1.807) is 4.90 Å². The van der Waals surface area contributed by atoms with Gasteiger partial charge in [-0.25, -0.2) is 4.79 Å². The molecule has 7 heteroatoms. The molecular weight excluding hydrogens is 357 g/mol. The summed E-state index contributed by atoms with van der Waals surface area (Å²) in [4.78, 5) is 14.6. The Morgan fingerprint density at radius 2 is 1.78 bits per heavy atom. The first-order valence-electron chi connectivity index (χ1n) is 8.79. The molecule has 2 amide bonds. The number of rotatable bonds is 6. The van der Waals surface area contributed by atoms with Crippen LogP contribution in [0.2, 0.25) is 0 Å². The molecule has 1 unspecified atom stereocenters. The van der Waals surface area contributed by atoms with Crippen molar-refractivity contribution in [1.82, 2.24) is 4.90 Å². The minimum atomic E-state index is -4.74. The summed E-state index contributed by atoms with van der Waals surface area (Å²) in [5.41, 5.74) is 1.43. The van der Waals surface area contributed by atoms with E-state index >= 15 is 0 Å². The van der Waals surface area contributed by atoms with Crippen molar-refractivity contribution < 1.29 is 22.7 Å². The SMILES string of the molecule is CC(C1CC1)N(Cc1ccccc1)C(=O)Nc1ccc(OC(F)(F)F)cc1. The molecule has 0 radical (unpaired) electrons. The fraction of sp³-hybridized carbons (Fsp3) is 0.350. The van der Waals surface area contributed by atoms with Gasteiger partial charge in [0.2, 0.25) is 0 Å². The first kappa shape index (κ1) is 19.1. The second-order valence-electron chi connectivity index (χ2n) is 6.69. The highest BCUT2D eigenvalue weighted by molar-refractivity contribution is 5.89. The van der Waals surface area contributed by atoms with E-state index in [0.29, 0.717) is 18.2 Å². The lowest BCUT2D eigenvalue weighted by atomic mass is 10.1. The monoisotopic (exact) mass is 378 g/mol. The van der Waals surface area contributed by atoms with Crippen molar-refractivity contribution in [3.05, 3.63) is 60.2 Å². The highest BCUT2D eigenvalue weighted by atomic mass is 19.4. The lowest BCUT2D eigenvalue weighted by molar-refractivity contribution is -0.274. The Balaban J connectivity index is 1.68. The van der Waals surface area contributed by atoms with Gasteiger partial charge in [0.1, 0.15) is 5.75 Å². The number of nitrogens with zero attached hydrogens (tertiary/aromatic N) is 1. The number of anilines is 1. The molecule has 1 saturated carbocycles. The summed E-state index contributed by atoms with van der Waals surface area (Å²) in [7, 11) is 0. The summed E-state index contributed by atoms with van der Waals surface area (Å²) in [5, 5.41) is 2.77. The standard InChI is InChI=1S/C20H21F3N2O2/c1-14(16-7-8-16)25(13-15-5-3-2-4-6-15)19(26)24-17-9-11-18(12-10-17)27-20(21,22)23/h2-6,9-12,14,16H,7-8,13H2,1H3,(H,24,26). The maximum absolute atomic E-state index is 12.8. The van der Waals surface area contributed by atoms with Crippen LogP contribution in [0.3, 0.4) is 0 Å². The molecule has 0 heterocycles. The predicted molar refractivity (Wildman–Crippen MR) is 96.3 cm³/mol. The zero-order chi connectivity index (χ0) is 19.4. The van der Waals surface area contributed by atoms with Gasteiger partial charge in [-0.05, 0) is 55.5 Å². The van der Waals surface area contributed by atoms with Gasteiger partial charge in [0.15, 0.2) is 0 Å². The number of nitrogens with one attached hydrogen (secondary N) is 1. The summed E-state index contributed by atoms with van der Waals surface area (Å²) >= 11 is 0. The van der Waals surface area contributed by atoms with Gasteiger partial charge < -0.3 is 15.0 Å². The minimum absolute atomic E-state index is 0.0815. The number of hydrogen-bond acceptors (Lipinski definition) is 2. The number of ether oxygens (including phenoxy) is 1. The molecule has 0 spiro atoms. The Morgan fingerprint density at radius 1 is 1.15 bits per heavy atom. The molecule has 0 aliphatic heterocycles. The summed E-state index contributed by atoms with van der Waals surface area (Å²) < 4.78 is 40.6. The van der Waals surface area contributed by atoms with Gasteiger partial charge >= 0.3 is 12.4 Å². The smallest absolute Gasteiger partial charge is 0.406 e. The second kappa shape index (κ2) is 7.90. The van der Waals surface area contributed by atoms with Crippen LogP contribution in [0.15, 0.2) is 54.6 Å². The molecule has 1 N–H and O–H groups in total. The number of carbonyl (C=O) groups excluding carboxylic acids is 1. The Bertz CT molecular complexity index is 759. The Kier molecular flexibility index (Phi) is 5.58. The summed E-state index contributed by atoms with van der Waals surface area (Å²) in [5.74, 6) is 0.162. The van der Waals surface area contributed by atoms with Gasteiger partial charge in [-0.2, -0.15) is 0 Å². The molecule has 27 heavy (non-hydrogen) atoms. The number of urea groups is 1. The topological polar surface area (TPSA) is 41.6 Å². The van der Waals surface area contributed by atoms with E-state index in [9.17, 15) is 18.0 Å². The average molecular weight is 378 g/mol. The maximum atomic E-state index is 12.8. The fourth-order valence-corrected chi connectivity index (χ4v) is 2.95. The lowest BCUT2D eigenvalue weighted by Crippen LogP contribution is -2.42. The van der Waals surface area contributed by atoms with Crippen molar-refractivity contribution in [1.29, 1.82) is 0 Å². The van der Waals surface area contributed by atoms with E-state index in [-0.39, 0.29) is 17.8 Å². The molecule has 1 atom stereocenters. The predicted octanol–water partition coefficient (Wildman–Crippen LogP) is 5.42. The molecular formula is C20H21F3N2O2. The van der Waals surface area contributed by atoms with E-state index in [4.69, 9.17) is 0 Å². The molecule has 2 aromatic carbocycles. The molecule has 0 aromatic heterocycles. The highest BCUT2D eigenvalue weighted by Crippen LogP contribution is 2.36. The van der Waals surface area contributed by atoms with E-state index in [1.807, 2.05) is 37.3 Å². The lowest BCUT2D eigenvalue weighted by Gasteiger charge is -2.29. The minimum Gasteiger partial charge on any atom is -0.406 e. The molecule has 2 aromatic rings. The molecule has 1 aliphatic carbocycles. The van der Waals surface area contributed by atoms with Crippen molar-refractivity contribution in [2.75, 3.05) is 5.32 Å².